The van der Waals surface area contributed by atoms with Gasteiger partial charge in [-0.1, -0.05) is 50.8 Å². The number of aromatic carboxylic acids is 1. The van der Waals surface area contributed by atoms with Gasteiger partial charge >= 0.3 is 5.97 Å². The fourth-order valence-corrected chi connectivity index (χ4v) is 4.69. The molecule has 0 spiro atoms. The largest absolute Gasteiger partial charge is 0.476 e. The Morgan fingerprint density at radius 3 is 2.40 bits per heavy atom. The first kappa shape index (κ1) is 23.8. The second-order valence-corrected chi connectivity index (χ2v) is 8.03. The van der Waals surface area contributed by atoms with Gasteiger partial charge in [-0.3, -0.25) is 4.79 Å². The van der Waals surface area contributed by atoms with Crippen LogP contribution in [0.1, 0.15) is 74.8 Å². The Morgan fingerprint density at radius 2 is 1.87 bits per heavy atom. The monoisotopic (exact) mass is 413 g/mol. The highest BCUT2D eigenvalue weighted by atomic mass is 16.4. The van der Waals surface area contributed by atoms with Crippen LogP contribution in [0.25, 0.3) is 11.0 Å². The predicted molar refractivity (Wildman–Crippen MR) is 122 cm³/mol. The van der Waals surface area contributed by atoms with Crippen LogP contribution < -0.4 is 11.3 Å². The zero-order valence-corrected chi connectivity index (χ0v) is 18.2. The molecule has 1 aromatic heterocycles. The lowest BCUT2D eigenvalue weighted by molar-refractivity contribution is 0.0687. The van der Waals surface area contributed by atoms with E-state index in [1.165, 1.54) is 45.6 Å². The van der Waals surface area contributed by atoms with Gasteiger partial charge in [0.05, 0.1) is 11.0 Å². The van der Waals surface area contributed by atoms with Crippen LogP contribution in [0, 0.1) is 11.8 Å². The molecule has 164 valence electrons. The lowest BCUT2D eigenvalue weighted by Crippen LogP contribution is -2.33. The number of aromatic nitrogens is 2. The van der Waals surface area contributed by atoms with Gasteiger partial charge in [0.1, 0.15) is 0 Å². The van der Waals surface area contributed by atoms with Crippen molar-refractivity contribution in [2.75, 3.05) is 7.05 Å². The summed E-state index contributed by atoms with van der Waals surface area (Å²) in [4.78, 5) is 28.1. The molecule has 2 aromatic rings. The number of benzene rings is 1. The van der Waals surface area contributed by atoms with E-state index in [4.69, 9.17) is 0 Å². The Morgan fingerprint density at radius 1 is 1.23 bits per heavy atom. The number of rotatable bonds is 5. The summed E-state index contributed by atoms with van der Waals surface area (Å²) < 4.78 is 1.70. The number of carboxylic acid groups (broad SMARTS) is 1. The van der Waals surface area contributed by atoms with Crippen LogP contribution in [0.5, 0.6) is 0 Å². The van der Waals surface area contributed by atoms with Crippen molar-refractivity contribution in [2.45, 2.75) is 64.3 Å². The molecule has 30 heavy (non-hydrogen) atoms. The average Bonchev–Trinajstić information content (AvgIpc) is 3.11. The normalized spacial score (nSPS) is 21.8. The number of para-hydroxylation sites is 2. The van der Waals surface area contributed by atoms with Gasteiger partial charge in [-0.05, 0) is 56.7 Å². The highest BCUT2D eigenvalue weighted by Crippen LogP contribution is 2.46. The van der Waals surface area contributed by atoms with E-state index in [2.05, 4.69) is 24.2 Å². The standard InChI is InChI=1S/C17H18N2O3.C6H12.CH5N/c20-16-15(17(21)22)18-13-3-1-2-4-14(13)19(16)12-8-10-5-6-11(7-10)9-12;1-3-5-6-4-2;1-2/h1-4,10-12H,5-9H2,(H,21,22);3H,1,4-6H2,2H3;2H2,1H3/t10-,11+,12?;;. The molecule has 6 nitrogen and oxygen atoms in total. The van der Waals surface area contributed by atoms with Crippen molar-refractivity contribution in [1.29, 1.82) is 0 Å². The summed E-state index contributed by atoms with van der Waals surface area (Å²) in [6, 6.07) is 7.43. The van der Waals surface area contributed by atoms with E-state index in [0.29, 0.717) is 17.4 Å². The quantitative estimate of drug-likeness (QED) is 0.543. The van der Waals surface area contributed by atoms with Crippen LogP contribution in [0.15, 0.2) is 41.7 Å². The van der Waals surface area contributed by atoms with Gasteiger partial charge in [0.15, 0.2) is 0 Å². The summed E-state index contributed by atoms with van der Waals surface area (Å²) in [5.41, 5.74) is 5.01. The minimum Gasteiger partial charge on any atom is -0.476 e. The first-order valence-corrected chi connectivity index (χ1v) is 11.0. The number of carboxylic acids is 1. The van der Waals surface area contributed by atoms with Crippen molar-refractivity contribution in [3.63, 3.8) is 0 Å². The predicted octanol–water partition coefficient (Wildman–Crippen LogP) is 4.78. The molecule has 2 bridgehead atoms. The first-order valence-electron chi connectivity index (χ1n) is 11.0. The molecule has 3 atom stereocenters. The summed E-state index contributed by atoms with van der Waals surface area (Å²) >= 11 is 0. The molecule has 1 heterocycles. The molecule has 0 amide bonds. The topological polar surface area (TPSA) is 98.2 Å². The van der Waals surface area contributed by atoms with Gasteiger partial charge in [-0.25, -0.2) is 9.78 Å². The minimum absolute atomic E-state index is 0.102. The Balaban J connectivity index is 0.000000348. The molecule has 0 saturated heterocycles. The van der Waals surface area contributed by atoms with Gasteiger partial charge in [-0.15, -0.1) is 6.58 Å². The van der Waals surface area contributed by atoms with Crippen molar-refractivity contribution in [3.8, 4) is 0 Å². The first-order chi connectivity index (χ1) is 14.5. The van der Waals surface area contributed by atoms with Crippen molar-refractivity contribution >= 4 is 17.0 Å². The maximum atomic E-state index is 12.7. The number of allylic oxidation sites excluding steroid dienone is 1. The Labute approximate surface area is 178 Å². The average molecular weight is 414 g/mol. The molecule has 2 fully saturated rings. The van der Waals surface area contributed by atoms with Gasteiger partial charge in [0.25, 0.3) is 5.56 Å². The van der Waals surface area contributed by atoms with Crippen molar-refractivity contribution in [2.24, 2.45) is 17.6 Å². The van der Waals surface area contributed by atoms with E-state index < -0.39 is 11.5 Å². The summed E-state index contributed by atoms with van der Waals surface area (Å²) in [5, 5.41) is 9.29. The van der Waals surface area contributed by atoms with E-state index in [1.54, 1.807) is 10.6 Å². The molecule has 6 heteroatoms. The third-order valence-corrected chi connectivity index (χ3v) is 5.99. The molecule has 4 rings (SSSR count). The smallest absolute Gasteiger partial charge is 0.360 e. The second-order valence-electron chi connectivity index (χ2n) is 8.03. The SMILES string of the molecule is C=CCCCC.CN.O=C(O)c1nc2ccccc2n(C2C[C@H]3CC[C@@H](C2)C3)c1=O. The van der Waals surface area contributed by atoms with Crippen molar-refractivity contribution < 1.29 is 9.90 Å². The van der Waals surface area contributed by atoms with E-state index in [-0.39, 0.29) is 11.7 Å². The summed E-state index contributed by atoms with van der Waals surface area (Å²) in [6.45, 7) is 5.78. The molecular weight excluding hydrogens is 378 g/mol. The van der Waals surface area contributed by atoms with Gasteiger partial charge < -0.3 is 15.4 Å². The van der Waals surface area contributed by atoms with Crippen LogP contribution in [-0.4, -0.2) is 27.7 Å². The molecule has 0 radical (unpaired) electrons. The summed E-state index contributed by atoms with van der Waals surface area (Å²) in [7, 11) is 1.50. The van der Waals surface area contributed by atoms with Crippen LogP contribution >= 0.6 is 0 Å². The lowest BCUT2D eigenvalue weighted by Gasteiger charge is -2.30. The second kappa shape index (κ2) is 11.6. The summed E-state index contributed by atoms with van der Waals surface area (Å²) in [5.74, 6) is 0.106. The van der Waals surface area contributed by atoms with Gasteiger partial charge in [0.2, 0.25) is 5.69 Å². The Hall–Kier alpha value is -2.47. The van der Waals surface area contributed by atoms with Crippen molar-refractivity contribution in [3.05, 3.63) is 53.0 Å². The highest BCUT2D eigenvalue weighted by Gasteiger charge is 2.36. The maximum absolute atomic E-state index is 12.7. The van der Waals surface area contributed by atoms with E-state index in [1.807, 2.05) is 24.3 Å². The summed E-state index contributed by atoms with van der Waals surface area (Å²) in [6.07, 6.45) is 11.4. The lowest BCUT2D eigenvalue weighted by atomic mass is 9.85. The maximum Gasteiger partial charge on any atom is 0.360 e. The fraction of sp³-hybridized carbons (Fsp3) is 0.542. The fourth-order valence-electron chi connectivity index (χ4n) is 4.69. The molecule has 1 unspecified atom stereocenters. The minimum atomic E-state index is -1.25. The Bertz CT molecular complexity index is 894. The van der Waals surface area contributed by atoms with Crippen LogP contribution in [-0.2, 0) is 0 Å². The van der Waals surface area contributed by atoms with E-state index in [0.717, 1.165) is 18.4 Å². The number of unbranched alkanes of at least 4 members (excludes halogenated alkanes) is 2. The molecular formula is C24H35N3O3. The zero-order chi connectivity index (χ0) is 22.1. The van der Waals surface area contributed by atoms with Gasteiger partial charge in [-0.2, -0.15) is 0 Å². The molecule has 0 aliphatic heterocycles. The molecule has 2 aliphatic rings. The van der Waals surface area contributed by atoms with Crippen molar-refractivity contribution in [1.82, 2.24) is 9.55 Å². The van der Waals surface area contributed by atoms with Crippen LogP contribution in [0.2, 0.25) is 0 Å². The number of hydrogen-bond acceptors (Lipinski definition) is 4. The molecule has 2 saturated carbocycles. The zero-order valence-electron chi connectivity index (χ0n) is 18.2. The van der Waals surface area contributed by atoms with E-state index >= 15 is 0 Å². The number of fused-ring (bicyclic) bond motifs is 3. The highest BCUT2D eigenvalue weighted by molar-refractivity contribution is 5.88. The number of carbonyl (C=O) groups is 1. The molecule has 3 N–H and O–H groups in total. The Kier molecular flexibility index (Phi) is 9.24. The third kappa shape index (κ3) is 5.57. The third-order valence-electron chi connectivity index (χ3n) is 5.99. The van der Waals surface area contributed by atoms with E-state index in [9.17, 15) is 14.7 Å². The molecule has 2 aliphatic carbocycles. The number of hydrogen-bond donors (Lipinski definition) is 2. The molecule has 1 aromatic carbocycles. The number of nitrogens with zero attached hydrogens (tertiary/aromatic N) is 2. The van der Waals surface area contributed by atoms with Crippen LogP contribution in [0.3, 0.4) is 0 Å². The van der Waals surface area contributed by atoms with Gasteiger partial charge in [0, 0.05) is 6.04 Å². The number of nitrogens with two attached hydrogens (primary N) is 1. The van der Waals surface area contributed by atoms with Crippen LogP contribution in [0.4, 0.5) is 0 Å².